The molecule has 3 rings (SSSR count). The highest BCUT2D eigenvalue weighted by Crippen LogP contribution is 2.35. The monoisotopic (exact) mass is 334 g/mol. The van der Waals surface area contributed by atoms with Crippen molar-refractivity contribution in [2.45, 2.75) is 18.7 Å². The Morgan fingerprint density at radius 1 is 1.09 bits per heavy atom. The van der Waals surface area contributed by atoms with Gasteiger partial charge >= 0.3 is 0 Å². The number of thiophene rings is 1. The zero-order chi connectivity index (χ0) is 15.9. The van der Waals surface area contributed by atoms with E-state index in [0.29, 0.717) is 11.6 Å². The maximum atomic E-state index is 11.5. The average Bonchev–Trinajstić information content (AvgIpc) is 2.75. The summed E-state index contributed by atoms with van der Waals surface area (Å²) < 4.78 is 28.7. The topological polar surface area (TPSA) is 69.2 Å². The molecular formula is C15H14N2O3S2. The molecule has 0 amide bonds. The smallest absolute Gasteiger partial charge is 0.231 e. The van der Waals surface area contributed by atoms with Crippen LogP contribution in [0.5, 0.6) is 11.6 Å². The molecule has 0 saturated heterocycles. The summed E-state index contributed by atoms with van der Waals surface area (Å²) >= 11 is 1.60. The van der Waals surface area contributed by atoms with Gasteiger partial charge in [0.25, 0.3) is 0 Å². The van der Waals surface area contributed by atoms with Gasteiger partial charge in [0, 0.05) is 11.1 Å². The van der Waals surface area contributed by atoms with Crippen molar-refractivity contribution in [2.24, 2.45) is 0 Å². The Balaban J connectivity index is 2.00. The first-order chi connectivity index (χ1) is 10.4. The third kappa shape index (κ3) is 2.69. The van der Waals surface area contributed by atoms with Crippen LogP contribution in [0, 0.1) is 13.8 Å². The molecular weight excluding hydrogens is 320 g/mol. The highest BCUT2D eigenvalue weighted by atomic mass is 32.2. The number of hydrogen-bond donors (Lipinski definition) is 0. The number of aryl methyl sites for hydroxylation is 2. The van der Waals surface area contributed by atoms with Crippen molar-refractivity contribution in [2.75, 3.05) is 6.26 Å². The molecule has 0 bridgehead atoms. The third-order valence-corrected chi connectivity index (χ3v) is 5.64. The molecule has 7 heteroatoms. The average molecular weight is 334 g/mol. The summed E-state index contributed by atoms with van der Waals surface area (Å²) in [5, 5.41) is 0.900. The Labute approximate surface area is 132 Å². The van der Waals surface area contributed by atoms with Crippen molar-refractivity contribution in [3.8, 4) is 11.6 Å². The van der Waals surface area contributed by atoms with E-state index in [2.05, 4.69) is 9.97 Å². The lowest BCUT2D eigenvalue weighted by Gasteiger charge is -2.07. The van der Waals surface area contributed by atoms with Crippen LogP contribution in [0.1, 0.15) is 10.4 Å². The van der Waals surface area contributed by atoms with Crippen molar-refractivity contribution in [1.29, 1.82) is 0 Å². The minimum Gasteiger partial charge on any atom is -0.438 e. The van der Waals surface area contributed by atoms with Gasteiger partial charge in [-0.15, -0.1) is 11.3 Å². The Bertz CT molecular complexity index is 945. The Morgan fingerprint density at radius 2 is 1.77 bits per heavy atom. The first-order valence-corrected chi connectivity index (χ1v) is 9.26. The summed E-state index contributed by atoms with van der Waals surface area (Å²) in [5.74, 6) is 1.02. The maximum Gasteiger partial charge on any atom is 0.231 e. The van der Waals surface area contributed by atoms with E-state index in [1.54, 1.807) is 23.5 Å². The molecule has 0 N–H and O–H groups in total. The summed E-state index contributed by atoms with van der Waals surface area (Å²) in [6.45, 7) is 4.05. The number of hydrogen-bond acceptors (Lipinski definition) is 6. The number of sulfone groups is 1. The minimum absolute atomic E-state index is 0.259. The molecule has 114 valence electrons. The van der Waals surface area contributed by atoms with Crippen molar-refractivity contribution in [3.63, 3.8) is 0 Å². The Morgan fingerprint density at radius 3 is 2.41 bits per heavy atom. The molecule has 0 aliphatic heterocycles. The summed E-state index contributed by atoms with van der Waals surface area (Å²) in [6.07, 6.45) is 2.65. The standard InChI is InChI=1S/C15H14N2O3S2/c1-9-10(2)21-15-13(9)14(16-8-17-15)20-11-4-6-12(7-5-11)22(3,18)19/h4-8H,1-3H3. The van der Waals surface area contributed by atoms with Gasteiger partial charge in [-0.1, -0.05) is 0 Å². The fourth-order valence-electron chi connectivity index (χ4n) is 2.09. The number of ether oxygens (including phenoxy) is 1. The lowest BCUT2D eigenvalue weighted by atomic mass is 10.2. The van der Waals surface area contributed by atoms with Crippen LogP contribution in [-0.4, -0.2) is 24.6 Å². The van der Waals surface area contributed by atoms with Gasteiger partial charge in [0.1, 0.15) is 16.9 Å². The molecule has 0 fully saturated rings. The molecule has 2 heterocycles. The SMILES string of the molecule is Cc1sc2ncnc(Oc3ccc(S(C)(=O)=O)cc3)c2c1C. The molecule has 0 spiro atoms. The second kappa shape index (κ2) is 5.33. The minimum atomic E-state index is -3.21. The van der Waals surface area contributed by atoms with E-state index in [9.17, 15) is 8.42 Å². The molecule has 5 nitrogen and oxygen atoms in total. The highest BCUT2D eigenvalue weighted by molar-refractivity contribution is 7.90. The maximum absolute atomic E-state index is 11.5. The number of rotatable bonds is 3. The molecule has 0 saturated carbocycles. The predicted molar refractivity (Wildman–Crippen MR) is 86.5 cm³/mol. The second-order valence-electron chi connectivity index (χ2n) is 4.99. The van der Waals surface area contributed by atoms with Gasteiger partial charge in [-0.3, -0.25) is 0 Å². The molecule has 0 aliphatic rings. The van der Waals surface area contributed by atoms with Gasteiger partial charge < -0.3 is 4.74 Å². The van der Waals surface area contributed by atoms with Crippen LogP contribution in [0.25, 0.3) is 10.2 Å². The lowest BCUT2D eigenvalue weighted by molar-refractivity contribution is 0.467. The molecule has 0 atom stereocenters. The lowest BCUT2D eigenvalue weighted by Crippen LogP contribution is -1.96. The first-order valence-electron chi connectivity index (χ1n) is 6.55. The number of fused-ring (bicyclic) bond motifs is 1. The molecule has 3 aromatic rings. The van der Waals surface area contributed by atoms with Gasteiger partial charge in [0.05, 0.1) is 10.3 Å². The van der Waals surface area contributed by atoms with Crippen molar-refractivity contribution in [1.82, 2.24) is 9.97 Å². The van der Waals surface area contributed by atoms with Gasteiger partial charge in [0.2, 0.25) is 5.88 Å². The summed E-state index contributed by atoms with van der Waals surface area (Å²) in [7, 11) is -3.21. The van der Waals surface area contributed by atoms with Crippen LogP contribution in [0.15, 0.2) is 35.5 Å². The van der Waals surface area contributed by atoms with E-state index in [0.717, 1.165) is 15.8 Å². The number of aromatic nitrogens is 2. The van der Waals surface area contributed by atoms with E-state index >= 15 is 0 Å². The van der Waals surface area contributed by atoms with Crippen LogP contribution in [-0.2, 0) is 9.84 Å². The third-order valence-electron chi connectivity index (χ3n) is 3.40. The van der Waals surface area contributed by atoms with Crippen LogP contribution in [0.4, 0.5) is 0 Å². The zero-order valence-electron chi connectivity index (χ0n) is 12.3. The van der Waals surface area contributed by atoms with Crippen LogP contribution < -0.4 is 4.74 Å². The Kier molecular flexibility index (Phi) is 3.62. The Hall–Kier alpha value is -1.99. The van der Waals surface area contributed by atoms with Crippen LogP contribution in [0.2, 0.25) is 0 Å². The number of nitrogens with zero attached hydrogens (tertiary/aromatic N) is 2. The fraction of sp³-hybridized carbons (Fsp3) is 0.200. The van der Waals surface area contributed by atoms with Crippen molar-refractivity contribution >= 4 is 31.4 Å². The van der Waals surface area contributed by atoms with Crippen molar-refractivity contribution in [3.05, 3.63) is 41.0 Å². The fourth-order valence-corrected chi connectivity index (χ4v) is 3.71. The van der Waals surface area contributed by atoms with Gasteiger partial charge in [0.15, 0.2) is 9.84 Å². The largest absolute Gasteiger partial charge is 0.438 e. The van der Waals surface area contributed by atoms with Crippen molar-refractivity contribution < 1.29 is 13.2 Å². The van der Waals surface area contributed by atoms with E-state index < -0.39 is 9.84 Å². The van der Waals surface area contributed by atoms with E-state index in [-0.39, 0.29) is 4.90 Å². The van der Waals surface area contributed by atoms with E-state index in [1.807, 2.05) is 13.8 Å². The first kappa shape index (κ1) is 14.9. The highest BCUT2D eigenvalue weighted by Gasteiger charge is 2.14. The molecule has 0 aliphatic carbocycles. The zero-order valence-corrected chi connectivity index (χ0v) is 14.0. The second-order valence-corrected chi connectivity index (χ2v) is 8.21. The van der Waals surface area contributed by atoms with E-state index in [1.165, 1.54) is 29.6 Å². The summed E-state index contributed by atoms with van der Waals surface area (Å²) in [6, 6.07) is 6.29. The molecule has 0 unspecified atom stereocenters. The molecule has 2 aromatic heterocycles. The van der Waals surface area contributed by atoms with Crippen LogP contribution >= 0.6 is 11.3 Å². The van der Waals surface area contributed by atoms with E-state index in [4.69, 9.17) is 4.74 Å². The van der Waals surface area contributed by atoms with Gasteiger partial charge in [-0.25, -0.2) is 18.4 Å². The molecule has 0 radical (unpaired) electrons. The summed E-state index contributed by atoms with van der Waals surface area (Å²) in [5.41, 5.74) is 1.10. The van der Waals surface area contributed by atoms with Crippen LogP contribution in [0.3, 0.4) is 0 Å². The number of benzene rings is 1. The van der Waals surface area contributed by atoms with Gasteiger partial charge in [-0.2, -0.15) is 0 Å². The quantitative estimate of drug-likeness (QED) is 0.733. The normalized spacial score (nSPS) is 11.8. The molecule has 1 aromatic carbocycles. The van der Waals surface area contributed by atoms with Gasteiger partial charge in [-0.05, 0) is 43.7 Å². The molecule has 22 heavy (non-hydrogen) atoms. The summed E-state index contributed by atoms with van der Waals surface area (Å²) in [4.78, 5) is 10.8. The predicted octanol–water partition coefficient (Wildman–Crippen LogP) is 3.50.